The summed E-state index contributed by atoms with van der Waals surface area (Å²) >= 11 is 0. The molecule has 0 aliphatic carbocycles. The number of piperidine rings is 1. The van der Waals surface area contributed by atoms with Gasteiger partial charge in [-0.2, -0.15) is 0 Å². The lowest BCUT2D eigenvalue weighted by atomic mass is 9.82. The van der Waals surface area contributed by atoms with E-state index in [9.17, 15) is 9.59 Å². The lowest BCUT2D eigenvalue weighted by Crippen LogP contribution is -2.49. The molecule has 1 aliphatic heterocycles. The van der Waals surface area contributed by atoms with Gasteiger partial charge in [0.05, 0.1) is 33.3 Å². The molecule has 1 saturated heterocycles. The molecule has 2 aromatic rings. The van der Waals surface area contributed by atoms with Crippen molar-refractivity contribution in [2.45, 2.75) is 45.2 Å². The van der Waals surface area contributed by atoms with Gasteiger partial charge >= 0.3 is 0 Å². The molecule has 2 amide bonds. The maximum atomic E-state index is 13.3. The second-order valence-corrected chi connectivity index (χ2v) is 7.98. The van der Waals surface area contributed by atoms with E-state index in [1.807, 2.05) is 56.3 Å². The summed E-state index contributed by atoms with van der Waals surface area (Å²) in [5, 5.41) is 3.10. The lowest BCUT2D eigenvalue weighted by molar-refractivity contribution is -0.129. The monoisotopic (exact) mass is 440 g/mol. The van der Waals surface area contributed by atoms with Gasteiger partial charge < -0.3 is 24.4 Å². The number of ether oxygens (including phenoxy) is 3. The van der Waals surface area contributed by atoms with Gasteiger partial charge in [0.1, 0.15) is 5.75 Å². The number of methoxy groups -OCH3 is 3. The van der Waals surface area contributed by atoms with Gasteiger partial charge in [0.15, 0.2) is 11.5 Å². The highest BCUT2D eigenvalue weighted by Crippen LogP contribution is 2.42. The molecule has 1 heterocycles. The zero-order chi connectivity index (χ0) is 23.3. The average molecular weight is 441 g/mol. The maximum absolute atomic E-state index is 13.3. The zero-order valence-corrected chi connectivity index (χ0v) is 19.4. The number of rotatable bonds is 8. The second kappa shape index (κ2) is 10.4. The first-order valence-corrected chi connectivity index (χ1v) is 10.9. The Morgan fingerprint density at radius 1 is 1.06 bits per heavy atom. The van der Waals surface area contributed by atoms with E-state index in [4.69, 9.17) is 14.2 Å². The molecule has 3 rings (SSSR count). The number of nitrogens with one attached hydrogen (secondary N) is 1. The van der Waals surface area contributed by atoms with Gasteiger partial charge in [-0.25, -0.2) is 0 Å². The van der Waals surface area contributed by atoms with E-state index < -0.39 is 12.0 Å². The number of benzene rings is 2. The molecule has 1 N–H and O–H groups in total. The average Bonchev–Trinajstić information content (AvgIpc) is 2.83. The van der Waals surface area contributed by atoms with E-state index in [1.54, 1.807) is 26.2 Å². The topological polar surface area (TPSA) is 77.1 Å². The van der Waals surface area contributed by atoms with Gasteiger partial charge in [-0.15, -0.1) is 0 Å². The fourth-order valence-corrected chi connectivity index (χ4v) is 4.08. The van der Waals surface area contributed by atoms with Crippen LogP contribution in [-0.4, -0.2) is 39.2 Å². The summed E-state index contributed by atoms with van der Waals surface area (Å²) in [5.74, 6) is 1.37. The summed E-state index contributed by atoms with van der Waals surface area (Å²) in [5.41, 5.74) is 1.53. The van der Waals surface area contributed by atoms with Crippen molar-refractivity contribution >= 4 is 17.5 Å². The summed E-state index contributed by atoms with van der Waals surface area (Å²) in [6, 6.07) is 12.5. The van der Waals surface area contributed by atoms with E-state index in [2.05, 4.69) is 5.32 Å². The smallest absolute Gasteiger partial charge is 0.227 e. The molecule has 0 radical (unpaired) electrons. The van der Waals surface area contributed by atoms with Gasteiger partial charge in [0.25, 0.3) is 0 Å². The highest BCUT2D eigenvalue weighted by Gasteiger charge is 2.42. The number of nitrogens with zero attached hydrogens (tertiary/aromatic N) is 1. The van der Waals surface area contributed by atoms with Gasteiger partial charge in [0.2, 0.25) is 11.8 Å². The van der Waals surface area contributed by atoms with Crippen LogP contribution in [0.25, 0.3) is 0 Å². The molecule has 0 spiro atoms. The minimum Gasteiger partial charge on any atom is -0.497 e. The summed E-state index contributed by atoms with van der Waals surface area (Å²) in [4.78, 5) is 28.2. The SMILES string of the molecule is CC[C@@H](C)NC(=O)[C@H]1CCC(=O)N(c2ccc(OC)cc2)[C@@H]1c1ccc(OC)c(OC)c1. The Balaban J connectivity index is 2.09. The van der Waals surface area contributed by atoms with Crippen molar-refractivity contribution in [2.75, 3.05) is 26.2 Å². The molecular formula is C25H32N2O5. The maximum Gasteiger partial charge on any atom is 0.227 e. The van der Waals surface area contributed by atoms with E-state index in [1.165, 1.54) is 0 Å². The Morgan fingerprint density at radius 2 is 1.75 bits per heavy atom. The number of carbonyl (C=O) groups is 2. The van der Waals surface area contributed by atoms with Gasteiger partial charge in [-0.05, 0) is 61.7 Å². The lowest BCUT2D eigenvalue weighted by Gasteiger charge is -2.41. The fraction of sp³-hybridized carbons (Fsp3) is 0.440. The van der Waals surface area contributed by atoms with Crippen molar-refractivity contribution < 1.29 is 23.8 Å². The molecule has 32 heavy (non-hydrogen) atoms. The largest absolute Gasteiger partial charge is 0.497 e. The molecule has 0 bridgehead atoms. The van der Waals surface area contributed by atoms with E-state index in [-0.39, 0.29) is 17.9 Å². The number of hydrogen-bond donors (Lipinski definition) is 1. The second-order valence-electron chi connectivity index (χ2n) is 7.98. The highest BCUT2D eigenvalue weighted by atomic mass is 16.5. The van der Waals surface area contributed by atoms with Crippen molar-refractivity contribution in [3.63, 3.8) is 0 Å². The van der Waals surface area contributed by atoms with Crippen molar-refractivity contribution in [3.05, 3.63) is 48.0 Å². The van der Waals surface area contributed by atoms with Crippen LogP contribution in [0.3, 0.4) is 0 Å². The minimum absolute atomic E-state index is 0.0254. The summed E-state index contributed by atoms with van der Waals surface area (Å²) in [6.45, 7) is 4.02. The number of amides is 2. The van der Waals surface area contributed by atoms with E-state index in [0.29, 0.717) is 30.1 Å². The molecule has 0 unspecified atom stereocenters. The van der Waals surface area contributed by atoms with Crippen LogP contribution in [0.2, 0.25) is 0 Å². The molecule has 0 aromatic heterocycles. The summed E-state index contributed by atoms with van der Waals surface area (Å²) < 4.78 is 16.1. The van der Waals surface area contributed by atoms with Gasteiger partial charge in [-0.3, -0.25) is 9.59 Å². The summed E-state index contributed by atoms with van der Waals surface area (Å²) in [6.07, 6.45) is 1.61. The molecular weight excluding hydrogens is 408 g/mol. The van der Waals surface area contributed by atoms with E-state index >= 15 is 0 Å². The number of carbonyl (C=O) groups excluding carboxylic acids is 2. The Kier molecular flexibility index (Phi) is 7.62. The molecule has 2 aromatic carbocycles. The standard InChI is InChI=1S/C25H32N2O5/c1-6-16(2)26-25(29)20-12-14-23(28)27(18-8-10-19(30-3)11-9-18)24(20)17-7-13-21(31-4)22(15-17)32-5/h7-11,13,15-16,20,24H,6,12,14H2,1-5H3,(H,26,29)/t16-,20+,24-/m1/s1. The summed E-state index contributed by atoms with van der Waals surface area (Å²) in [7, 11) is 4.75. The van der Waals surface area contributed by atoms with Crippen LogP contribution in [0.15, 0.2) is 42.5 Å². The molecule has 0 saturated carbocycles. The Hall–Kier alpha value is -3.22. The molecule has 7 heteroatoms. The van der Waals surface area contributed by atoms with Crippen molar-refractivity contribution in [2.24, 2.45) is 5.92 Å². The van der Waals surface area contributed by atoms with Crippen LogP contribution >= 0.6 is 0 Å². The predicted molar refractivity (Wildman–Crippen MR) is 123 cm³/mol. The van der Waals surface area contributed by atoms with Gasteiger partial charge in [-0.1, -0.05) is 13.0 Å². The van der Waals surface area contributed by atoms with E-state index in [0.717, 1.165) is 17.7 Å². The Labute approximate surface area is 189 Å². The minimum atomic E-state index is -0.478. The fourth-order valence-electron chi connectivity index (χ4n) is 4.08. The first-order chi connectivity index (χ1) is 15.4. The van der Waals surface area contributed by atoms with Crippen LogP contribution in [0, 0.1) is 5.92 Å². The van der Waals surface area contributed by atoms with Crippen molar-refractivity contribution in [1.29, 1.82) is 0 Å². The third-order valence-electron chi connectivity index (χ3n) is 6.03. The Bertz CT molecular complexity index is 944. The molecule has 1 aliphatic rings. The third kappa shape index (κ3) is 4.82. The number of anilines is 1. The molecule has 172 valence electrons. The quantitative estimate of drug-likeness (QED) is 0.668. The highest BCUT2D eigenvalue weighted by molar-refractivity contribution is 5.97. The number of hydrogen-bond acceptors (Lipinski definition) is 5. The van der Waals surface area contributed by atoms with Crippen LogP contribution in [-0.2, 0) is 9.59 Å². The first-order valence-electron chi connectivity index (χ1n) is 10.9. The molecule has 7 nitrogen and oxygen atoms in total. The van der Waals surface area contributed by atoms with Crippen LogP contribution in [0.1, 0.15) is 44.7 Å². The Morgan fingerprint density at radius 3 is 2.34 bits per heavy atom. The molecule has 3 atom stereocenters. The van der Waals surface area contributed by atoms with Crippen LogP contribution < -0.4 is 24.4 Å². The van der Waals surface area contributed by atoms with Gasteiger partial charge in [0, 0.05) is 18.2 Å². The van der Waals surface area contributed by atoms with Crippen LogP contribution in [0.5, 0.6) is 17.2 Å². The normalized spacial score (nSPS) is 19.3. The first kappa shape index (κ1) is 23.4. The van der Waals surface area contributed by atoms with Crippen molar-refractivity contribution in [1.82, 2.24) is 5.32 Å². The third-order valence-corrected chi connectivity index (χ3v) is 6.03. The molecule has 1 fully saturated rings. The van der Waals surface area contributed by atoms with Crippen molar-refractivity contribution in [3.8, 4) is 17.2 Å². The predicted octanol–water partition coefficient (Wildman–Crippen LogP) is 4.11. The zero-order valence-electron chi connectivity index (χ0n) is 19.4. The van der Waals surface area contributed by atoms with Crippen LogP contribution in [0.4, 0.5) is 5.69 Å².